The molecule has 1 atom stereocenters. The largest absolute Gasteiger partial charge is 0.493 e. The van der Waals surface area contributed by atoms with Gasteiger partial charge in [-0.3, -0.25) is 0 Å². The summed E-state index contributed by atoms with van der Waals surface area (Å²) in [4.78, 5) is 0. The fourth-order valence-electron chi connectivity index (χ4n) is 1.84. The van der Waals surface area contributed by atoms with Crippen LogP contribution in [0.2, 0.25) is 0 Å². The van der Waals surface area contributed by atoms with Gasteiger partial charge in [0.1, 0.15) is 5.75 Å². The van der Waals surface area contributed by atoms with E-state index in [4.69, 9.17) is 15.4 Å². The summed E-state index contributed by atoms with van der Waals surface area (Å²) < 4.78 is 29.0. The summed E-state index contributed by atoms with van der Waals surface area (Å²) in [7, 11) is 1.83. The molecule has 0 heterocycles. The molecule has 6 heteroatoms. The Morgan fingerprint density at radius 2 is 2.11 bits per heavy atom. The van der Waals surface area contributed by atoms with Gasteiger partial charge in [-0.25, -0.2) is 8.42 Å². The van der Waals surface area contributed by atoms with Crippen LogP contribution in [-0.4, -0.2) is 20.8 Å². The Morgan fingerprint density at radius 3 is 2.68 bits per heavy atom. The maximum absolute atomic E-state index is 11.2. The fourth-order valence-corrected chi connectivity index (χ4v) is 3.54. The molecule has 0 aliphatic rings. The summed E-state index contributed by atoms with van der Waals surface area (Å²) in [5.74, 6) is 0.642. The molecule has 0 spiro atoms. The van der Waals surface area contributed by atoms with Crippen molar-refractivity contribution >= 4 is 35.7 Å². The molecule has 0 aliphatic heterocycles. The molecular formula is C13H18BrClO3S. The van der Waals surface area contributed by atoms with Gasteiger partial charge >= 0.3 is 0 Å². The number of hydrogen-bond donors (Lipinski definition) is 0. The lowest BCUT2D eigenvalue weighted by atomic mass is 10.1. The number of aryl methyl sites for hydroxylation is 1. The van der Waals surface area contributed by atoms with Gasteiger partial charge in [0.15, 0.2) is 0 Å². The van der Waals surface area contributed by atoms with Gasteiger partial charge in [0.25, 0.3) is 0 Å². The fraction of sp³-hybridized carbons (Fsp3) is 0.538. The highest BCUT2D eigenvalue weighted by molar-refractivity contribution is 9.10. The van der Waals surface area contributed by atoms with Crippen LogP contribution in [0.15, 0.2) is 22.7 Å². The molecule has 1 unspecified atom stereocenters. The van der Waals surface area contributed by atoms with Gasteiger partial charge in [-0.05, 0) is 31.0 Å². The lowest BCUT2D eigenvalue weighted by Gasteiger charge is -2.16. The topological polar surface area (TPSA) is 43.4 Å². The van der Waals surface area contributed by atoms with Crippen molar-refractivity contribution in [1.82, 2.24) is 0 Å². The van der Waals surface area contributed by atoms with Crippen LogP contribution in [0.1, 0.15) is 25.3 Å². The monoisotopic (exact) mass is 368 g/mol. The average Bonchev–Trinajstić information content (AvgIpc) is 2.28. The van der Waals surface area contributed by atoms with E-state index < -0.39 is 9.05 Å². The van der Waals surface area contributed by atoms with Crippen molar-refractivity contribution in [3.63, 3.8) is 0 Å². The number of ether oxygens (including phenoxy) is 1. The zero-order chi connectivity index (χ0) is 14.5. The molecule has 0 bridgehead atoms. The minimum atomic E-state index is -3.49. The minimum Gasteiger partial charge on any atom is -0.493 e. The van der Waals surface area contributed by atoms with Crippen molar-refractivity contribution in [2.24, 2.45) is 5.92 Å². The standard InChI is InChI=1S/C13H18BrClO3S/c1-3-4-11(9-19(15,16)17)8-18-13-7-12(14)6-5-10(13)2/h5-7,11H,3-4,8-9H2,1-2H3. The molecule has 0 saturated heterocycles. The summed E-state index contributed by atoms with van der Waals surface area (Å²) in [5, 5.41) is 0. The number of rotatable bonds is 7. The van der Waals surface area contributed by atoms with E-state index in [1.54, 1.807) is 0 Å². The number of benzene rings is 1. The van der Waals surface area contributed by atoms with E-state index >= 15 is 0 Å². The summed E-state index contributed by atoms with van der Waals surface area (Å²) in [6.45, 7) is 4.32. The second-order valence-electron chi connectivity index (χ2n) is 4.58. The molecule has 0 radical (unpaired) electrons. The molecule has 0 saturated carbocycles. The third-order valence-corrected chi connectivity index (χ3v) is 4.50. The summed E-state index contributed by atoms with van der Waals surface area (Å²) in [6.07, 6.45) is 1.68. The first-order chi connectivity index (χ1) is 8.81. The second kappa shape index (κ2) is 7.50. The van der Waals surface area contributed by atoms with Crippen LogP contribution < -0.4 is 4.74 Å². The highest BCUT2D eigenvalue weighted by atomic mass is 79.9. The highest BCUT2D eigenvalue weighted by Crippen LogP contribution is 2.24. The molecular weight excluding hydrogens is 352 g/mol. The normalized spacial score (nSPS) is 13.3. The Balaban J connectivity index is 2.68. The number of halogens is 2. The lowest BCUT2D eigenvalue weighted by molar-refractivity contribution is 0.251. The van der Waals surface area contributed by atoms with Crippen LogP contribution in [-0.2, 0) is 9.05 Å². The third kappa shape index (κ3) is 6.63. The van der Waals surface area contributed by atoms with Crippen LogP contribution in [0.5, 0.6) is 5.75 Å². The van der Waals surface area contributed by atoms with Gasteiger partial charge in [-0.2, -0.15) is 0 Å². The zero-order valence-electron chi connectivity index (χ0n) is 11.0. The maximum atomic E-state index is 11.2. The average molecular weight is 370 g/mol. The Labute approximate surface area is 127 Å². The highest BCUT2D eigenvalue weighted by Gasteiger charge is 2.17. The Bertz CT molecular complexity index is 517. The van der Waals surface area contributed by atoms with E-state index in [1.807, 2.05) is 32.0 Å². The first-order valence-corrected chi connectivity index (χ1v) is 9.40. The third-order valence-electron chi connectivity index (χ3n) is 2.76. The molecule has 1 aromatic rings. The van der Waals surface area contributed by atoms with Crippen LogP contribution in [0, 0.1) is 12.8 Å². The van der Waals surface area contributed by atoms with Crippen molar-refractivity contribution in [2.75, 3.05) is 12.4 Å². The first kappa shape index (κ1) is 16.8. The SMILES string of the molecule is CCCC(COc1cc(Br)ccc1C)CS(=O)(=O)Cl. The van der Waals surface area contributed by atoms with Gasteiger partial charge in [0.05, 0.1) is 12.4 Å². The van der Waals surface area contributed by atoms with Crippen molar-refractivity contribution in [3.05, 3.63) is 28.2 Å². The predicted molar refractivity (Wildman–Crippen MR) is 82.4 cm³/mol. The maximum Gasteiger partial charge on any atom is 0.232 e. The molecule has 3 nitrogen and oxygen atoms in total. The summed E-state index contributed by atoms with van der Waals surface area (Å²) in [6, 6.07) is 5.77. The molecule has 0 aliphatic carbocycles. The predicted octanol–water partition coefficient (Wildman–Crippen LogP) is 4.12. The van der Waals surface area contributed by atoms with Crippen LogP contribution in [0.25, 0.3) is 0 Å². The molecule has 19 heavy (non-hydrogen) atoms. The molecule has 0 N–H and O–H groups in total. The van der Waals surface area contributed by atoms with Crippen LogP contribution in [0.4, 0.5) is 0 Å². The van der Waals surface area contributed by atoms with Crippen molar-refractivity contribution in [1.29, 1.82) is 0 Å². The van der Waals surface area contributed by atoms with Crippen LogP contribution in [0.3, 0.4) is 0 Å². The second-order valence-corrected chi connectivity index (χ2v) is 8.32. The molecule has 0 aromatic heterocycles. The zero-order valence-corrected chi connectivity index (χ0v) is 14.2. The van der Waals surface area contributed by atoms with Crippen molar-refractivity contribution in [3.8, 4) is 5.75 Å². The smallest absolute Gasteiger partial charge is 0.232 e. The quantitative estimate of drug-likeness (QED) is 0.679. The summed E-state index contributed by atoms with van der Waals surface area (Å²) >= 11 is 3.39. The van der Waals surface area contributed by atoms with E-state index in [-0.39, 0.29) is 11.7 Å². The molecule has 0 fully saturated rings. The minimum absolute atomic E-state index is 0.0462. The Kier molecular flexibility index (Phi) is 6.63. The number of hydrogen-bond acceptors (Lipinski definition) is 3. The van der Waals surface area contributed by atoms with E-state index in [9.17, 15) is 8.42 Å². The Hall–Kier alpha value is -0.260. The van der Waals surface area contributed by atoms with Crippen molar-refractivity contribution in [2.45, 2.75) is 26.7 Å². The summed E-state index contributed by atoms with van der Waals surface area (Å²) in [5.41, 5.74) is 1.02. The van der Waals surface area contributed by atoms with Gasteiger partial charge in [0, 0.05) is 21.1 Å². The van der Waals surface area contributed by atoms with Gasteiger partial charge in [-0.1, -0.05) is 35.3 Å². The molecule has 1 rings (SSSR count). The van der Waals surface area contributed by atoms with E-state index in [2.05, 4.69) is 15.9 Å². The molecule has 108 valence electrons. The van der Waals surface area contributed by atoms with Crippen LogP contribution >= 0.6 is 26.6 Å². The van der Waals surface area contributed by atoms with Gasteiger partial charge < -0.3 is 4.74 Å². The van der Waals surface area contributed by atoms with Gasteiger partial charge in [0.2, 0.25) is 9.05 Å². The first-order valence-electron chi connectivity index (χ1n) is 6.13. The molecule has 1 aromatic carbocycles. The van der Waals surface area contributed by atoms with E-state index in [1.165, 1.54) is 0 Å². The lowest BCUT2D eigenvalue weighted by Crippen LogP contribution is -2.19. The van der Waals surface area contributed by atoms with E-state index in [0.717, 1.165) is 28.6 Å². The van der Waals surface area contributed by atoms with E-state index in [0.29, 0.717) is 6.61 Å². The van der Waals surface area contributed by atoms with Crippen molar-refractivity contribution < 1.29 is 13.2 Å². The van der Waals surface area contributed by atoms with Gasteiger partial charge in [-0.15, -0.1) is 0 Å². The molecule has 0 amide bonds. The Morgan fingerprint density at radius 1 is 1.42 bits per heavy atom.